The first kappa shape index (κ1) is 28.0. The maximum atomic E-state index is 14.9. The Morgan fingerprint density at radius 3 is 2.16 bits per heavy atom. The van der Waals surface area contributed by atoms with Crippen LogP contribution in [0.25, 0.3) is 5.76 Å². The van der Waals surface area contributed by atoms with Gasteiger partial charge in [0.1, 0.15) is 11.6 Å². The van der Waals surface area contributed by atoms with Gasteiger partial charge in [0.05, 0.1) is 16.5 Å². The van der Waals surface area contributed by atoms with Crippen molar-refractivity contribution in [1.82, 2.24) is 9.80 Å². The average Bonchev–Trinajstić information content (AvgIpc) is 3.14. The van der Waals surface area contributed by atoms with E-state index in [0.717, 1.165) is 45.3 Å². The van der Waals surface area contributed by atoms with Gasteiger partial charge in [0, 0.05) is 29.8 Å². The van der Waals surface area contributed by atoms with Crippen LogP contribution in [0.2, 0.25) is 0 Å². The monoisotopic (exact) mass is 511 g/mol. The van der Waals surface area contributed by atoms with Crippen LogP contribution in [0.15, 0.2) is 54.1 Å². The second-order valence-electron chi connectivity index (χ2n) is 9.22. The molecule has 0 aliphatic carbocycles. The molecule has 0 spiro atoms. The third kappa shape index (κ3) is 6.60. The molecule has 0 radical (unpaired) electrons. The van der Waals surface area contributed by atoms with Gasteiger partial charge in [-0.25, -0.2) is 4.39 Å². The van der Waals surface area contributed by atoms with E-state index in [1.54, 1.807) is 6.07 Å². The lowest BCUT2D eigenvalue weighted by Gasteiger charge is -2.27. The van der Waals surface area contributed by atoms with Crippen LogP contribution in [0.5, 0.6) is 0 Å². The van der Waals surface area contributed by atoms with Gasteiger partial charge in [-0.2, -0.15) is 0 Å². The summed E-state index contributed by atoms with van der Waals surface area (Å²) in [6.45, 7) is 7.12. The van der Waals surface area contributed by atoms with Gasteiger partial charge < -0.3 is 14.9 Å². The summed E-state index contributed by atoms with van der Waals surface area (Å²) in [4.78, 5) is 40.3. The molecule has 2 aromatic carbocycles. The summed E-state index contributed by atoms with van der Waals surface area (Å²) in [5, 5.41) is 22.1. The summed E-state index contributed by atoms with van der Waals surface area (Å²) in [7, 11) is 0. The Hall–Kier alpha value is -3.59. The molecule has 1 saturated heterocycles. The molecule has 1 unspecified atom stereocenters. The summed E-state index contributed by atoms with van der Waals surface area (Å²) in [5.41, 5.74) is -0.162. The Balaban J connectivity index is 1.94. The van der Waals surface area contributed by atoms with E-state index < -0.39 is 34.2 Å². The van der Waals surface area contributed by atoms with Crippen molar-refractivity contribution in [3.8, 4) is 0 Å². The summed E-state index contributed by atoms with van der Waals surface area (Å²) < 4.78 is 14.9. The number of ketones is 1. The number of nitrogens with zero attached hydrogens (tertiary/aromatic N) is 3. The van der Waals surface area contributed by atoms with Crippen LogP contribution in [0.4, 0.5) is 10.1 Å². The number of hydrogen-bond donors (Lipinski definition) is 1. The quantitative estimate of drug-likeness (QED) is 0.126. The first-order valence-corrected chi connectivity index (χ1v) is 12.8. The number of benzene rings is 2. The molecule has 1 aliphatic rings. The van der Waals surface area contributed by atoms with Crippen molar-refractivity contribution in [3.05, 3.63) is 81.2 Å². The summed E-state index contributed by atoms with van der Waals surface area (Å²) >= 11 is 0. The number of nitro benzene ring substituents is 1. The molecule has 37 heavy (non-hydrogen) atoms. The van der Waals surface area contributed by atoms with Crippen LogP contribution < -0.4 is 0 Å². The SMILES string of the molecule is CCCCN(CCCC)CCCN1C(=O)C(=O)/C(=C(\O)c2ccc([N+](=O)[O-])cc2)C1c1ccccc1F. The fraction of sp³-hybridized carbons (Fsp3) is 0.429. The second kappa shape index (κ2) is 13.1. The van der Waals surface area contributed by atoms with Crippen LogP contribution >= 0.6 is 0 Å². The number of carbonyl (C=O) groups excluding carboxylic acids is 2. The number of rotatable bonds is 13. The first-order chi connectivity index (χ1) is 17.8. The molecule has 1 fully saturated rings. The predicted octanol–water partition coefficient (Wildman–Crippen LogP) is 5.45. The van der Waals surface area contributed by atoms with Gasteiger partial charge in [-0.15, -0.1) is 0 Å². The third-order valence-corrected chi connectivity index (χ3v) is 6.62. The number of carbonyl (C=O) groups is 2. The van der Waals surface area contributed by atoms with E-state index in [1.807, 2.05) is 0 Å². The molecule has 3 rings (SSSR count). The molecule has 2 aromatic rings. The van der Waals surface area contributed by atoms with Gasteiger partial charge in [-0.3, -0.25) is 19.7 Å². The molecule has 8 nitrogen and oxygen atoms in total. The molecule has 1 amide bonds. The zero-order valence-corrected chi connectivity index (χ0v) is 21.4. The van der Waals surface area contributed by atoms with E-state index in [4.69, 9.17) is 0 Å². The van der Waals surface area contributed by atoms with E-state index in [-0.39, 0.29) is 28.9 Å². The molecule has 9 heteroatoms. The topological polar surface area (TPSA) is 104 Å². The minimum atomic E-state index is -1.10. The predicted molar refractivity (Wildman–Crippen MR) is 139 cm³/mol. The average molecular weight is 512 g/mol. The van der Waals surface area contributed by atoms with Gasteiger partial charge in [0.25, 0.3) is 17.4 Å². The van der Waals surface area contributed by atoms with Crippen molar-refractivity contribution in [3.63, 3.8) is 0 Å². The van der Waals surface area contributed by atoms with E-state index in [0.29, 0.717) is 6.42 Å². The van der Waals surface area contributed by atoms with Crippen LogP contribution in [0.3, 0.4) is 0 Å². The fourth-order valence-corrected chi connectivity index (χ4v) is 4.59. The zero-order valence-electron chi connectivity index (χ0n) is 21.4. The Morgan fingerprint density at radius 2 is 1.59 bits per heavy atom. The molecular weight excluding hydrogens is 477 g/mol. The van der Waals surface area contributed by atoms with Crippen molar-refractivity contribution in [2.75, 3.05) is 26.2 Å². The lowest BCUT2D eigenvalue weighted by molar-refractivity contribution is -0.384. The molecule has 0 aromatic heterocycles. The summed E-state index contributed by atoms with van der Waals surface area (Å²) in [6, 6.07) is 9.78. The second-order valence-corrected chi connectivity index (χ2v) is 9.22. The molecule has 1 N–H and O–H groups in total. The minimum Gasteiger partial charge on any atom is -0.507 e. The van der Waals surface area contributed by atoms with Crippen LogP contribution in [0, 0.1) is 15.9 Å². The van der Waals surface area contributed by atoms with Gasteiger partial charge >= 0.3 is 0 Å². The smallest absolute Gasteiger partial charge is 0.295 e. The fourth-order valence-electron chi connectivity index (χ4n) is 4.59. The van der Waals surface area contributed by atoms with Crippen LogP contribution in [-0.4, -0.2) is 57.7 Å². The number of unbranched alkanes of at least 4 members (excludes halogenated alkanes) is 2. The zero-order chi connectivity index (χ0) is 26.9. The molecule has 1 heterocycles. The van der Waals surface area contributed by atoms with Crippen molar-refractivity contribution in [2.45, 2.75) is 52.0 Å². The van der Waals surface area contributed by atoms with Crippen molar-refractivity contribution >= 4 is 23.1 Å². The van der Waals surface area contributed by atoms with Crippen LogP contribution in [0.1, 0.15) is 63.1 Å². The number of likely N-dealkylation sites (tertiary alicyclic amines) is 1. The Kier molecular flexibility index (Phi) is 9.91. The first-order valence-electron chi connectivity index (χ1n) is 12.8. The number of amides is 1. The molecule has 0 saturated carbocycles. The molecule has 1 aliphatic heterocycles. The molecule has 0 bridgehead atoms. The maximum Gasteiger partial charge on any atom is 0.295 e. The Morgan fingerprint density at radius 1 is 1.00 bits per heavy atom. The summed E-state index contributed by atoms with van der Waals surface area (Å²) in [6.07, 6.45) is 4.88. The number of aliphatic hydroxyl groups is 1. The molecule has 198 valence electrons. The van der Waals surface area contributed by atoms with Gasteiger partial charge in [0.15, 0.2) is 0 Å². The highest BCUT2D eigenvalue weighted by molar-refractivity contribution is 6.46. The third-order valence-electron chi connectivity index (χ3n) is 6.62. The number of Topliss-reactive ketones (excluding diaryl/α,β-unsaturated/α-hetero) is 1. The minimum absolute atomic E-state index is 0.110. The summed E-state index contributed by atoms with van der Waals surface area (Å²) in [5.74, 6) is -2.79. The number of hydrogen-bond acceptors (Lipinski definition) is 6. The largest absolute Gasteiger partial charge is 0.507 e. The molecule has 1 atom stereocenters. The Labute approximate surface area is 216 Å². The van der Waals surface area contributed by atoms with E-state index in [9.17, 15) is 29.2 Å². The standard InChI is InChI=1S/C28H34FN3O5/c1-3-5-16-30(17-6-4-2)18-9-19-31-25(22-10-7-8-11-23(22)29)24(27(34)28(31)35)26(33)20-12-14-21(15-13-20)32(36)37/h7-8,10-15,25,33H,3-6,9,16-19H2,1-2H3/b26-24-. The number of aliphatic hydroxyl groups excluding tert-OH is 1. The van der Waals surface area contributed by atoms with E-state index >= 15 is 0 Å². The van der Waals surface area contributed by atoms with Gasteiger partial charge in [0.2, 0.25) is 0 Å². The van der Waals surface area contributed by atoms with Crippen molar-refractivity contribution in [1.29, 1.82) is 0 Å². The van der Waals surface area contributed by atoms with Crippen molar-refractivity contribution < 1.29 is 24.0 Å². The highest BCUT2D eigenvalue weighted by Crippen LogP contribution is 2.40. The lowest BCUT2D eigenvalue weighted by Crippen LogP contribution is -2.34. The van der Waals surface area contributed by atoms with Crippen molar-refractivity contribution in [2.24, 2.45) is 0 Å². The number of halogens is 1. The van der Waals surface area contributed by atoms with E-state index in [2.05, 4.69) is 18.7 Å². The number of non-ortho nitro benzene ring substituents is 1. The molecular formula is C28H34FN3O5. The normalized spacial score (nSPS) is 17.1. The Bertz CT molecular complexity index is 1140. The maximum absolute atomic E-state index is 14.9. The number of nitro groups is 1. The van der Waals surface area contributed by atoms with Gasteiger partial charge in [-0.1, -0.05) is 44.9 Å². The highest BCUT2D eigenvalue weighted by Gasteiger charge is 2.46. The lowest BCUT2D eigenvalue weighted by atomic mass is 9.95. The van der Waals surface area contributed by atoms with E-state index in [1.165, 1.54) is 47.4 Å². The van der Waals surface area contributed by atoms with Gasteiger partial charge in [-0.05, 0) is 57.1 Å². The highest BCUT2D eigenvalue weighted by atomic mass is 19.1. The van der Waals surface area contributed by atoms with Crippen LogP contribution in [-0.2, 0) is 9.59 Å².